The summed E-state index contributed by atoms with van der Waals surface area (Å²) < 4.78 is 17.0. The molecular weight excluding hydrogens is 573 g/mol. The molecule has 0 N–H and O–H groups in total. The van der Waals surface area contributed by atoms with Gasteiger partial charge in [0.1, 0.15) is 11.2 Å². The zero-order valence-corrected chi connectivity index (χ0v) is 27.1. The van der Waals surface area contributed by atoms with Gasteiger partial charge in [-0.1, -0.05) is 142 Å². The Hall–Kier alpha value is -4.50. The number of hydrogen-bond donors (Lipinski definition) is 0. The molecule has 0 radical (unpaired) electrons. The quantitative estimate of drug-likeness (QED) is 0.186. The van der Waals surface area contributed by atoms with Crippen LogP contribution in [-0.2, 0) is 0 Å². The van der Waals surface area contributed by atoms with E-state index in [9.17, 15) is 0 Å². The average molecular weight is 608 g/mol. The molecule has 1 atom stereocenters. The topological polar surface area (TPSA) is 29.5 Å². The molecule has 0 fully saturated rings. The average Bonchev–Trinajstić information content (AvgIpc) is 3.36. The second kappa shape index (κ2) is 10.6. The first kappa shape index (κ1) is 27.1. The Morgan fingerprint density at radius 2 is 1.18 bits per heavy atom. The van der Waals surface area contributed by atoms with Gasteiger partial charge >= 0.3 is 8.16 Å². The van der Waals surface area contributed by atoms with Crippen molar-refractivity contribution in [3.63, 3.8) is 0 Å². The fraction of sp³-hybridized carbons (Fsp3) is 0.128. The fourth-order valence-electron chi connectivity index (χ4n) is 6.73. The minimum absolute atomic E-state index is 0.861. The smallest absolute Gasteiger partial charge is 0.346 e. The van der Waals surface area contributed by atoms with Crippen LogP contribution < -0.4 is 9.86 Å². The molecule has 1 aliphatic heterocycles. The van der Waals surface area contributed by atoms with E-state index in [0.717, 1.165) is 56.5 Å². The summed E-state index contributed by atoms with van der Waals surface area (Å²) in [4.78, 5) is 0. The molecule has 0 amide bonds. The van der Waals surface area contributed by atoms with Crippen molar-refractivity contribution in [3.8, 4) is 0 Å². The van der Waals surface area contributed by atoms with Crippen molar-refractivity contribution in [2.45, 2.75) is 32.5 Å². The molecule has 0 saturated carbocycles. The summed E-state index contributed by atoms with van der Waals surface area (Å²) >= 11 is 0. The summed E-state index contributed by atoms with van der Waals surface area (Å²) in [5.74, 6) is 0. The Bertz CT molecular complexity index is 2250. The summed E-state index contributed by atoms with van der Waals surface area (Å²) in [7, 11) is -3.56. The van der Waals surface area contributed by atoms with Crippen molar-refractivity contribution < 1.29 is 8.39 Å². The molecule has 1 aliphatic rings. The zero-order chi connectivity index (χ0) is 29.8. The lowest BCUT2D eigenvalue weighted by Gasteiger charge is -2.27. The minimum Gasteiger partial charge on any atom is -0.404 e. The predicted molar refractivity (Wildman–Crippen MR) is 193 cm³/mol. The molecule has 0 aliphatic carbocycles. The molecule has 3 nitrogen and oxygen atoms in total. The maximum absolute atomic E-state index is 7.46. The molecule has 216 valence electrons. The fourth-order valence-corrected chi connectivity index (χ4v) is 10.9. The second-order valence-corrected chi connectivity index (χ2v) is 18.3. The number of fused-ring (bicyclic) bond motifs is 9. The third kappa shape index (κ3) is 4.17. The lowest BCUT2D eigenvalue weighted by Crippen LogP contribution is -2.43. The van der Waals surface area contributed by atoms with Gasteiger partial charge in [-0.3, -0.25) is 0 Å². The number of hydrogen-bond acceptors (Lipinski definition) is 3. The molecule has 1 aromatic heterocycles. The summed E-state index contributed by atoms with van der Waals surface area (Å²) in [6, 6.07) is 43.6. The van der Waals surface area contributed by atoms with Crippen LogP contribution in [-0.4, -0.2) is 8.07 Å². The molecule has 44 heavy (non-hydrogen) atoms. The van der Waals surface area contributed by atoms with Crippen LogP contribution in [0.4, 0.5) is 11.4 Å². The Morgan fingerprint density at radius 1 is 0.614 bits per heavy atom. The predicted octanol–water partition coefficient (Wildman–Crippen LogP) is 12.0. The molecule has 0 bridgehead atoms. The van der Waals surface area contributed by atoms with Crippen LogP contribution in [0.15, 0.2) is 124 Å². The van der Waals surface area contributed by atoms with E-state index in [2.05, 4.69) is 152 Å². The monoisotopic (exact) mass is 607 g/mol. The first-order chi connectivity index (χ1) is 21.6. The van der Waals surface area contributed by atoms with Gasteiger partial charge in [-0.15, -0.1) is 0 Å². The number of para-hydroxylation sites is 2. The standard InChI is InChI=1S/C39H34NO2PSi/c1-4-44(3,5-2)36-26-30-17-7-11-19-32(30)38-37-31-18-10-6-14-27(31)24-25-35(37)41-43(42-39(36)38)40-33-20-12-8-15-28(33)22-23-29-16-9-13-21-34(29)40/h6-26H,4-5H2,1-3H3. The molecule has 5 heteroatoms. The highest BCUT2D eigenvalue weighted by Gasteiger charge is 2.31. The van der Waals surface area contributed by atoms with Gasteiger partial charge in [0.2, 0.25) is 0 Å². The number of benzene rings is 6. The van der Waals surface area contributed by atoms with Crippen LogP contribution in [0.5, 0.6) is 0 Å². The third-order valence-corrected chi connectivity index (χ3v) is 15.9. The maximum Gasteiger partial charge on any atom is 0.346 e. The zero-order valence-electron chi connectivity index (χ0n) is 25.2. The van der Waals surface area contributed by atoms with Crippen molar-refractivity contribution in [3.05, 3.63) is 126 Å². The van der Waals surface area contributed by atoms with Gasteiger partial charge in [0.15, 0.2) is 0 Å². The van der Waals surface area contributed by atoms with Gasteiger partial charge in [-0.05, 0) is 56.1 Å². The number of anilines is 2. The summed E-state index contributed by atoms with van der Waals surface area (Å²) in [5.41, 5.74) is 6.30. The first-order valence-electron chi connectivity index (χ1n) is 15.5. The minimum atomic E-state index is -1.91. The Kier molecular flexibility index (Phi) is 6.52. The van der Waals surface area contributed by atoms with Gasteiger partial charge in [0.25, 0.3) is 0 Å². The van der Waals surface area contributed by atoms with E-state index < -0.39 is 16.2 Å². The Balaban J connectivity index is 1.63. The van der Waals surface area contributed by atoms with Gasteiger partial charge in [-0.2, -0.15) is 0 Å². The lowest BCUT2D eigenvalue weighted by atomic mass is 9.98. The maximum atomic E-state index is 7.46. The van der Waals surface area contributed by atoms with Crippen molar-refractivity contribution in [1.29, 1.82) is 0 Å². The van der Waals surface area contributed by atoms with E-state index in [1.54, 1.807) is 0 Å². The molecule has 0 saturated heterocycles. The lowest BCUT2D eigenvalue weighted by molar-refractivity contribution is 0.641. The molecule has 7 aromatic rings. The number of nitrogens with zero attached hydrogens (tertiary/aromatic N) is 1. The number of rotatable bonds is 4. The molecular formula is C39H34NO2PSi. The van der Waals surface area contributed by atoms with Crippen molar-refractivity contribution in [2.75, 3.05) is 4.67 Å². The van der Waals surface area contributed by atoms with Crippen LogP contribution in [0.2, 0.25) is 18.6 Å². The van der Waals surface area contributed by atoms with E-state index in [1.165, 1.54) is 26.7 Å². The summed E-state index contributed by atoms with van der Waals surface area (Å²) in [6.45, 7) is 7.21. The Morgan fingerprint density at radius 3 is 1.84 bits per heavy atom. The molecule has 1 unspecified atom stereocenters. The van der Waals surface area contributed by atoms with Crippen LogP contribution in [0.1, 0.15) is 25.0 Å². The largest absolute Gasteiger partial charge is 0.404 e. The van der Waals surface area contributed by atoms with Gasteiger partial charge in [0, 0.05) is 10.8 Å². The molecule has 2 heterocycles. The van der Waals surface area contributed by atoms with Crippen LogP contribution in [0, 0.1) is 0 Å². The van der Waals surface area contributed by atoms with Gasteiger partial charge < -0.3 is 8.39 Å². The van der Waals surface area contributed by atoms with E-state index >= 15 is 0 Å². The second-order valence-electron chi connectivity index (χ2n) is 12.0. The third-order valence-electron chi connectivity index (χ3n) is 9.63. The van der Waals surface area contributed by atoms with E-state index in [-0.39, 0.29) is 0 Å². The van der Waals surface area contributed by atoms with E-state index in [4.69, 9.17) is 8.39 Å². The highest BCUT2D eigenvalue weighted by atomic mass is 31.1. The highest BCUT2D eigenvalue weighted by Crippen LogP contribution is 2.50. The van der Waals surface area contributed by atoms with Crippen molar-refractivity contribution >= 4 is 88.4 Å². The first-order valence-corrected chi connectivity index (χ1v) is 19.5. The van der Waals surface area contributed by atoms with Crippen LogP contribution >= 0.6 is 8.16 Å². The summed E-state index contributed by atoms with van der Waals surface area (Å²) in [5, 5.41) is 8.49. The summed E-state index contributed by atoms with van der Waals surface area (Å²) in [6.07, 6.45) is 4.40. The van der Waals surface area contributed by atoms with E-state index in [0.29, 0.717) is 0 Å². The van der Waals surface area contributed by atoms with Crippen LogP contribution in [0.25, 0.3) is 55.6 Å². The molecule has 0 spiro atoms. The van der Waals surface area contributed by atoms with Crippen molar-refractivity contribution in [1.82, 2.24) is 0 Å². The highest BCUT2D eigenvalue weighted by molar-refractivity contribution is 7.40. The van der Waals surface area contributed by atoms with Gasteiger partial charge in [0.05, 0.1) is 19.4 Å². The van der Waals surface area contributed by atoms with Crippen LogP contribution in [0.3, 0.4) is 0 Å². The molecule has 8 rings (SSSR count). The van der Waals surface area contributed by atoms with Crippen molar-refractivity contribution in [2.24, 2.45) is 0 Å². The van der Waals surface area contributed by atoms with Gasteiger partial charge in [-0.25, -0.2) is 4.67 Å². The Labute approximate surface area is 259 Å². The van der Waals surface area contributed by atoms with E-state index in [1.807, 2.05) is 0 Å². The normalized spacial score (nSPS) is 13.3. The molecule has 6 aromatic carbocycles. The SMILES string of the molecule is CC[Si](C)(CC)c1cc2ccccc2c2c1op(N1c3ccccc3C=Cc3ccccc31)oc1ccc3ccccc3c12.